The predicted octanol–water partition coefficient (Wildman–Crippen LogP) is 5.89. The van der Waals surface area contributed by atoms with Crippen molar-refractivity contribution in [2.45, 2.75) is 25.6 Å². The van der Waals surface area contributed by atoms with Crippen LogP contribution in [0.25, 0.3) is 17.4 Å². The minimum atomic E-state index is -5.08. The lowest BCUT2D eigenvalue weighted by Gasteiger charge is -2.13. The Morgan fingerprint density at radius 1 is 1.05 bits per heavy atom. The Labute approximate surface area is 209 Å². The summed E-state index contributed by atoms with van der Waals surface area (Å²) in [6, 6.07) is 12.5. The normalized spacial score (nSPS) is 13.9. The molecule has 0 saturated carbocycles. The first-order valence-electron chi connectivity index (χ1n) is 11.1. The number of nitrogens with zero attached hydrogens (tertiary/aromatic N) is 1. The predicted molar refractivity (Wildman–Crippen MR) is 127 cm³/mol. The van der Waals surface area contributed by atoms with Crippen LogP contribution in [-0.4, -0.2) is 41.7 Å². The largest absolute Gasteiger partial charge is 0.490 e. The smallest absolute Gasteiger partial charge is 0.475 e. The molecule has 2 heterocycles. The number of nitrogens with one attached hydrogen (secondary N) is 1. The number of aryl methyl sites for hydroxylation is 1. The Hall–Kier alpha value is -3.99. The highest BCUT2D eigenvalue weighted by atomic mass is 19.4. The van der Waals surface area contributed by atoms with Crippen molar-refractivity contribution in [3.8, 4) is 11.3 Å². The van der Waals surface area contributed by atoms with Crippen molar-refractivity contribution in [2.75, 3.05) is 18.9 Å². The number of anilines is 1. The van der Waals surface area contributed by atoms with Gasteiger partial charge in [-0.1, -0.05) is 6.07 Å². The van der Waals surface area contributed by atoms with Gasteiger partial charge in [-0.2, -0.15) is 13.2 Å². The van der Waals surface area contributed by atoms with Crippen molar-refractivity contribution >= 4 is 23.6 Å². The van der Waals surface area contributed by atoms with Crippen LogP contribution < -0.4 is 5.32 Å². The van der Waals surface area contributed by atoms with Gasteiger partial charge in [-0.25, -0.2) is 13.6 Å². The molecule has 11 heteroatoms. The quantitative estimate of drug-likeness (QED) is 0.330. The molecule has 6 nitrogen and oxygen atoms in total. The molecular weight excluding hydrogens is 499 g/mol. The standard InChI is InChI=1S/C24H22F2N2O2.C2HF3O2/c1-28-12-2-3-16-13-19(6-4-17(16)15-28)27-24(29)11-8-20-7-10-23(30-20)21-9-5-18(25)14-22(21)26;3-2(4,5)1(6)7/h4-11,13-14H,2-3,12,15H2,1H3,(H,27,29);(H,6,7). The molecular formula is C26H23F5N2O4. The molecule has 0 atom stereocenters. The summed E-state index contributed by atoms with van der Waals surface area (Å²) >= 11 is 0. The second kappa shape index (κ2) is 11.8. The fraction of sp³-hybridized carbons (Fsp3) is 0.231. The molecule has 0 fully saturated rings. The lowest BCUT2D eigenvalue weighted by Crippen LogP contribution is -2.21. The third-order valence-corrected chi connectivity index (χ3v) is 5.36. The van der Waals surface area contributed by atoms with Gasteiger partial charge in [0.1, 0.15) is 23.2 Å². The van der Waals surface area contributed by atoms with Crippen LogP contribution in [0.1, 0.15) is 23.3 Å². The zero-order valence-electron chi connectivity index (χ0n) is 19.6. The molecule has 37 heavy (non-hydrogen) atoms. The van der Waals surface area contributed by atoms with Gasteiger partial charge >= 0.3 is 12.1 Å². The fourth-order valence-corrected chi connectivity index (χ4v) is 3.62. The van der Waals surface area contributed by atoms with Crippen LogP contribution in [0.2, 0.25) is 0 Å². The van der Waals surface area contributed by atoms with E-state index in [9.17, 15) is 26.7 Å². The monoisotopic (exact) mass is 522 g/mol. The average Bonchev–Trinajstić information content (AvgIpc) is 3.19. The van der Waals surface area contributed by atoms with Gasteiger partial charge in [-0.05, 0) is 80.0 Å². The highest BCUT2D eigenvalue weighted by Gasteiger charge is 2.38. The van der Waals surface area contributed by atoms with Gasteiger partial charge in [-0.15, -0.1) is 0 Å². The third kappa shape index (κ3) is 8.01. The van der Waals surface area contributed by atoms with Crippen molar-refractivity contribution in [3.05, 3.63) is 83.1 Å². The van der Waals surface area contributed by atoms with E-state index in [2.05, 4.69) is 23.3 Å². The summed E-state index contributed by atoms with van der Waals surface area (Å²) in [7, 11) is 2.11. The van der Waals surface area contributed by atoms with Crippen LogP contribution in [0.4, 0.5) is 27.6 Å². The minimum Gasteiger partial charge on any atom is -0.475 e. The SMILES string of the molecule is CN1CCCc2cc(NC(=O)C=Cc3ccc(-c4ccc(F)cc4F)o3)ccc2C1.O=C(O)C(F)(F)F. The van der Waals surface area contributed by atoms with Gasteiger partial charge in [0.05, 0.1) is 5.56 Å². The van der Waals surface area contributed by atoms with Crippen LogP contribution >= 0.6 is 0 Å². The number of carboxylic acids is 1. The van der Waals surface area contributed by atoms with E-state index in [4.69, 9.17) is 14.3 Å². The lowest BCUT2D eigenvalue weighted by molar-refractivity contribution is -0.192. The second-order valence-corrected chi connectivity index (χ2v) is 8.28. The summed E-state index contributed by atoms with van der Waals surface area (Å²) in [5.41, 5.74) is 3.47. The first-order chi connectivity index (χ1) is 17.4. The van der Waals surface area contributed by atoms with E-state index in [1.165, 1.54) is 35.4 Å². The summed E-state index contributed by atoms with van der Waals surface area (Å²) in [6.45, 7) is 1.98. The van der Waals surface area contributed by atoms with Crippen LogP contribution in [0.3, 0.4) is 0 Å². The number of benzene rings is 2. The maximum absolute atomic E-state index is 13.9. The summed E-state index contributed by atoms with van der Waals surface area (Å²) < 4.78 is 64.2. The number of furan rings is 1. The summed E-state index contributed by atoms with van der Waals surface area (Å²) in [5, 5.41) is 9.99. The van der Waals surface area contributed by atoms with Gasteiger partial charge in [-0.3, -0.25) is 4.79 Å². The van der Waals surface area contributed by atoms with Gasteiger partial charge in [0.25, 0.3) is 0 Å². The molecule has 1 aromatic heterocycles. The highest BCUT2D eigenvalue weighted by Crippen LogP contribution is 2.26. The van der Waals surface area contributed by atoms with Gasteiger partial charge < -0.3 is 19.7 Å². The van der Waals surface area contributed by atoms with Crippen molar-refractivity contribution in [1.29, 1.82) is 0 Å². The molecule has 2 N–H and O–H groups in total. The molecule has 3 aromatic rings. The Morgan fingerprint density at radius 3 is 2.46 bits per heavy atom. The van der Waals surface area contributed by atoms with E-state index < -0.39 is 23.8 Å². The average molecular weight is 522 g/mol. The van der Waals surface area contributed by atoms with E-state index in [0.717, 1.165) is 37.7 Å². The third-order valence-electron chi connectivity index (χ3n) is 5.36. The number of hydrogen-bond acceptors (Lipinski definition) is 4. The van der Waals surface area contributed by atoms with E-state index in [1.807, 2.05) is 12.1 Å². The molecule has 0 unspecified atom stereocenters. The maximum atomic E-state index is 13.9. The van der Waals surface area contributed by atoms with E-state index in [-0.39, 0.29) is 17.2 Å². The fourth-order valence-electron chi connectivity index (χ4n) is 3.62. The molecule has 0 spiro atoms. The Morgan fingerprint density at radius 2 is 1.78 bits per heavy atom. The van der Waals surface area contributed by atoms with Gasteiger partial charge in [0, 0.05) is 24.4 Å². The number of halogens is 5. The number of carboxylic acid groups (broad SMARTS) is 1. The zero-order chi connectivity index (χ0) is 27.2. The molecule has 4 rings (SSSR count). The van der Waals surface area contributed by atoms with Gasteiger partial charge in [0.15, 0.2) is 0 Å². The lowest BCUT2D eigenvalue weighted by atomic mass is 10.0. The number of carbonyl (C=O) groups excluding carboxylic acids is 1. The van der Waals surface area contributed by atoms with Crippen LogP contribution in [0.15, 0.2) is 59.0 Å². The van der Waals surface area contributed by atoms with E-state index in [0.29, 0.717) is 5.76 Å². The number of carbonyl (C=O) groups is 2. The topological polar surface area (TPSA) is 82.8 Å². The second-order valence-electron chi connectivity index (χ2n) is 8.28. The number of amides is 1. The van der Waals surface area contributed by atoms with Crippen LogP contribution in [0.5, 0.6) is 0 Å². The summed E-state index contributed by atoms with van der Waals surface area (Å²) in [5.74, 6) is -3.73. The molecule has 1 amide bonds. The number of fused-ring (bicyclic) bond motifs is 1. The maximum Gasteiger partial charge on any atom is 0.490 e. The number of aliphatic carboxylic acids is 1. The first kappa shape index (κ1) is 27.6. The van der Waals surface area contributed by atoms with E-state index >= 15 is 0 Å². The van der Waals surface area contributed by atoms with Crippen molar-refractivity contribution in [1.82, 2.24) is 4.90 Å². The summed E-state index contributed by atoms with van der Waals surface area (Å²) in [4.78, 5) is 23.5. The Bertz CT molecular complexity index is 1300. The molecule has 0 radical (unpaired) electrons. The first-order valence-corrected chi connectivity index (χ1v) is 11.1. The molecule has 1 aliphatic rings. The molecule has 0 aliphatic carbocycles. The molecule has 1 aliphatic heterocycles. The molecule has 196 valence electrons. The van der Waals surface area contributed by atoms with Crippen LogP contribution in [-0.2, 0) is 22.6 Å². The minimum absolute atomic E-state index is 0.163. The summed E-state index contributed by atoms with van der Waals surface area (Å²) in [6.07, 6.45) is -0.119. The van der Waals surface area contributed by atoms with Crippen molar-refractivity contribution in [3.63, 3.8) is 0 Å². The van der Waals surface area contributed by atoms with Crippen LogP contribution in [0, 0.1) is 11.6 Å². The number of rotatable bonds is 4. The zero-order valence-corrected chi connectivity index (χ0v) is 19.6. The van der Waals surface area contributed by atoms with E-state index in [1.54, 1.807) is 12.1 Å². The van der Waals surface area contributed by atoms with Crippen molar-refractivity contribution in [2.24, 2.45) is 0 Å². The van der Waals surface area contributed by atoms with Crippen molar-refractivity contribution < 1.29 is 41.1 Å². The highest BCUT2D eigenvalue weighted by molar-refractivity contribution is 6.01. The Kier molecular flexibility index (Phi) is 8.82. The molecule has 0 saturated heterocycles. The number of alkyl halides is 3. The molecule has 2 aromatic carbocycles. The number of hydrogen-bond donors (Lipinski definition) is 2. The Balaban J connectivity index is 0.000000479. The van der Waals surface area contributed by atoms with Gasteiger partial charge in [0.2, 0.25) is 5.91 Å². The molecule has 0 bridgehead atoms.